The number of nitrogens with one attached hydrogen (secondary N) is 2. The van der Waals surface area contributed by atoms with E-state index >= 15 is 0 Å². The number of halogens is 1. The SMILES string of the molecule is CN=C(NCCc1c(C)noc1C)NCC(C)c1cccc(C)c1.I. The Morgan fingerprint density at radius 3 is 2.60 bits per heavy atom. The van der Waals surface area contributed by atoms with Crippen LogP contribution in [0, 0.1) is 20.8 Å². The second-order valence-electron chi connectivity index (χ2n) is 6.25. The van der Waals surface area contributed by atoms with Crippen molar-refractivity contribution in [3.05, 3.63) is 52.4 Å². The lowest BCUT2D eigenvalue weighted by atomic mass is 9.99. The second kappa shape index (κ2) is 10.4. The summed E-state index contributed by atoms with van der Waals surface area (Å²) in [5, 5.41) is 10.7. The summed E-state index contributed by atoms with van der Waals surface area (Å²) >= 11 is 0. The number of rotatable bonds is 6. The molecule has 1 atom stereocenters. The Morgan fingerprint density at radius 2 is 2.00 bits per heavy atom. The molecule has 0 aliphatic carbocycles. The van der Waals surface area contributed by atoms with E-state index in [4.69, 9.17) is 4.52 Å². The van der Waals surface area contributed by atoms with Crippen LogP contribution >= 0.6 is 24.0 Å². The summed E-state index contributed by atoms with van der Waals surface area (Å²) in [6.07, 6.45) is 0.870. The van der Waals surface area contributed by atoms with Gasteiger partial charge in [0, 0.05) is 25.7 Å². The van der Waals surface area contributed by atoms with Crippen LogP contribution in [0.25, 0.3) is 0 Å². The van der Waals surface area contributed by atoms with Crippen molar-refractivity contribution in [3.8, 4) is 0 Å². The number of aromatic nitrogens is 1. The summed E-state index contributed by atoms with van der Waals surface area (Å²) in [6.45, 7) is 9.90. The largest absolute Gasteiger partial charge is 0.361 e. The Balaban J connectivity index is 0.00000312. The van der Waals surface area contributed by atoms with Gasteiger partial charge < -0.3 is 15.2 Å². The van der Waals surface area contributed by atoms with Crippen LogP contribution in [0.1, 0.15) is 41.0 Å². The summed E-state index contributed by atoms with van der Waals surface area (Å²) in [7, 11) is 1.79. The van der Waals surface area contributed by atoms with Gasteiger partial charge in [0.2, 0.25) is 0 Å². The molecule has 2 aromatic rings. The van der Waals surface area contributed by atoms with Crippen molar-refractivity contribution in [2.75, 3.05) is 20.1 Å². The van der Waals surface area contributed by atoms with E-state index in [9.17, 15) is 0 Å². The standard InChI is InChI=1S/C19H28N4O.HI/c1-13-7-6-8-17(11-13)14(2)12-22-19(20-5)21-10-9-18-15(3)23-24-16(18)4;/h6-8,11,14H,9-10,12H2,1-5H3,(H2,20,21,22);1H. The lowest BCUT2D eigenvalue weighted by Crippen LogP contribution is -2.40. The molecular weight excluding hydrogens is 427 g/mol. The first-order valence-electron chi connectivity index (χ1n) is 8.44. The van der Waals surface area contributed by atoms with Crippen molar-refractivity contribution in [1.82, 2.24) is 15.8 Å². The normalized spacial score (nSPS) is 12.4. The third kappa shape index (κ3) is 6.34. The first kappa shape index (κ1) is 21.5. The molecule has 2 N–H and O–H groups in total. The van der Waals surface area contributed by atoms with Crippen molar-refractivity contribution < 1.29 is 4.52 Å². The highest BCUT2D eigenvalue weighted by Gasteiger charge is 2.10. The fourth-order valence-electron chi connectivity index (χ4n) is 2.73. The highest BCUT2D eigenvalue weighted by Crippen LogP contribution is 2.15. The summed E-state index contributed by atoms with van der Waals surface area (Å²) in [4.78, 5) is 4.29. The third-order valence-electron chi connectivity index (χ3n) is 4.26. The van der Waals surface area contributed by atoms with Crippen LogP contribution in [0.5, 0.6) is 0 Å². The molecule has 1 heterocycles. The van der Waals surface area contributed by atoms with E-state index in [1.54, 1.807) is 7.05 Å². The first-order chi connectivity index (χ1) is 11.5. The highest BCUT2D eigenvalue weighted by atomic mass is 127. The van der Waals surface area contributed by atoms with E-state index in [0.29, 0.717) is 5.92 Å². The molecule has 0 radical (unpaired) electrons. The Kier molecular flexibility index (Phi) is 8.96. The van der Waals surface area contributed by atoms with E-state index < -0.39 is 0 Å². The van der Waals surface area contributed by atoms with Gasteiger partial charge >= 0.3 is 0 Å². The Bertz CT molecular complexity index is 677. The number of nitrogens with zero attached hydrogens (tertiary/aromatic N) is 2. The van der Waals surface area contributed by atoms with Gasteiger partial charge in [-0.2, -0.15) is 0 Å². The fraction of sp³-hybridized carbons (Fsp3) is 0.474. The quantitative estimate of drug-likeness (QED) is 0.395. The smallest absolute Gasteiger partial charge is 0.191 e. The van der Waals surface area contributed by atoms with Crippen LogP contribution in [0.3, 0.4) is 0 Å². The summed E-state index contributed by atoms with van der Waals surface area (Å²) in [5.74, 6) is 2.14. The van der Waals surface area contributed by atoms with Crippen molar-refractivity contribution in [1.29, 1.82) is 0 Å². The van der Waals surface area contributed by atoms with Gasteiger partial charge in [-0.25, -0.2) is 0 Å². The van der Waals surface area contributed by atoms with Gasteiger partial charge in [0.15, 0.2) is 5.96 Å². The van der Waals surface area contributed by atoms with Crippen LogP contribution in [0.2, 0.25) is 0 Å². The number of hydrogen-bond donors (Lipinski definition) is 2. The maximum atomic E-state index is 5.19. The van der Waals surface area contributed by atoms with Gasteiger partial charge in [0.1, 0.15) is 5.76 Å². The fourth-order valence-corrected chi connectivity index (χ4v) is 2.73. The van der Waals surface area contributed by atoms with E-state index in [1.165, 1.54) is 16.7 Å². The molecule has 0 aliphatic heterocycles. The number of aliphatic imine (C=N–C) groups is 1. The lowest BCUT2D eigenvalue weighted by Gasteiger charge is -2.16. The topological polar surface area (TPSA) is 62.5 Å². The van der Waals surface area contributed by atoms with Crippen LogP contribution in [0.15, 0.2) is 33.8 Å². The molecule has 2 rings (SSSR count). The zero-order valence-corrected chi connectivity index (χ0v) is 18.0. The van der Waals surface area contributed by atoms with Crippen molar-refractivity contribution in [3.63, 3.8) is 0 Å². The van der Waals surface area contributed by atoms with E-state index in [0.717, 1.165) is 36.9 Å². The van der Waals surface area contributed by atoms with E-state index in [-0.39, 0.29) is 24.0 Å². The monoisotopic (exact) mass is 456 g/mol. The van der Waals surface area contributed by atoms with Crippen molar-refractivity contribution in [2.24, 2.45) is 4.99 Å². The zero-order chi connectivity index (χ0) is 17.5. The number of hydrogen-bond acceptors (Lipinski definition) is 3. The zero-order valence-electron chi connectivity index (χ0n) is 15.7. The van der Waals surface area contributed by atoms with Crippen LogP contribution in [-0.2, 0) is 6.42 Å². The maximum absolute atomic E-state index is 5.19. The number of benzene rings is 1. The molecule has 25 heavy (non-hydrogen) atoms. The molecule has 0 saturated heterocycles. The van der Waals surface area contributed by atoms with Gasteiger partial charge in [0.25, 0.3) is 0 Å². The molecule has 138 valence electrons. The maximum Gasteiger partial charge on any atom is 0.191 e. The minimum atomic E-state index is 0. The average Bonchev–Trinajstić information content (AvgIpc) is 2.89. The van der Waals surface area contributed by atoms with E-state index in [2.05, 4.69) is 58.9 Å². The Labute approximate surface area is 167 Å². The molecule has 0 saturated carbocycles. The van der Waals surface area contributed by atoms with Gasteiger partial charge in [-0.1, -0.05) is 41.9 Å². The molecule has 0 aliphatic rings. The second-order valence-corrected chi connectivity index (χ2v) is 6.25. The predicted molar refractivity (Wildman–Crippen MR) is 114 cm³/mol. The Hall–Kier alpha value is -1.57. The molecule has 1 unspecified atom stereocenters. The van der Waals surface area contributed by atoms with Crippen LogP contribution < -0.4 is 10.6 Å². The highest BCUT2D eigenvalue weighted by molar-refractivity contribution is 14.0. The molecule has 0 amide bonds. The van der Waals surface area contributed by atoms with Gasteiger partial charge in [-0.3, -0.25) is 4.99 Å². The van der Waals surface area contributed by atoms with Gasteiger partial charge in [0.05, 0.1) is 5.69 Å². The predicted octanol–water partition coefficient (Wildman–Crippen LogP) is 3.73. The van der Waals surface area contributed by atoms with E-state index in [1.807, 2.05) is 13.8 Å². The average molecular weight is 456 g/mol. The third-order valence-corrected chi connectivity index (χ3v) is 4.26. The Morgan fingerprint density at radius 1 is 1.24 bits per heavy atom. The minimum Gasteiger partial charge on any atom is -0.361 e. The van der Waals surface area contributed by atoms with Crippen molar-refractivity contribution in [2.45, 2.75) is 40.0 Å². The molecule has 0 spiro atoms. The van der Waals surface area contributed by atoms with Crippen molar-refractivity contribution >= 4 is 29.9 Å². The molecule has 0 fully saturated rings. The summed E-state index contributed by atoms with van der Waals surface area (Å²) in [6, 6.07) is 8.64. The number of aryl methyl sites for hydroxylation is 3. The first-order valence-corrected chi connectivity index (χ1v) is 8.44. The molecule has 0 bridgehead atoms. The summed E-state index contributed by atoms with van der Waals surface area (Å²) < 4.78 is 5.19. The molecule has 6 heteroatoms. The molecule has 5 nitrogen and oxygen atoms in total. The minimum absolute atomic E-state index is 0. The summed E-state index contributed by atoms with van der Waals surface area (Å²) in [5.41, 5.74) is 4.77. The molecular formula is C19H29IN4O. The lowest BCUT2D eigenvalue weighted by molar-refractivity contribution is 0.392. The van der Waals surface area contributed by atoms with Gasteiger partial charge in [-0.05, 0) is 38.7 Å². The van der Waals surface area contributed by atoms with Crippen LogP contribution in [0.4, 0.5) is 0 Å². The number of guanidine groups is 1. The molecule has 1 aromatic carbocycles. The van der Waals surface area contributed by atoms with Crippen LogP contribution in [-0.4, -0.2) is 31.3 Å². The van der Waals surface area contributed by atoms with Gasteiger partial charge in [-0.15, -0.1) is 24.0 Å². The molecule has 1 aromatic heterocycles.